The van der Waals surface area contributed by atoms with Crippen molar-refractivity contribution >= 4 is 22.2 Å². The Morgan fingerprint density at radius 2 is 2.09 bits per heavy atom. The predicted molar refractivity (Wildman–Crippen MR) is 173 cm³/mol. The van der Waals surface area contributed by atoms with E-state index in [4.69, 9.17) is 29.7 Å². The highest BCUT2D eigenvalue weighted by Gasteiger charge is 2.49. The van der Waals surface area contributed by atoms with Crippen LogP contribution in [0.4, 0.5) is 5.00 Å². The normalized spacial score (nSPS) is 23.1. The number of hydrogen-bond acceptors (Lipinski definition) is 12. The number of aryl methyl sites for hydroxylation is 1. The smallest absolute Gasteiger partial charge is 0.272 e. The van der Waals surface area contributed by atoms with Crippen molar-refractivity contribution in [2.24, 2.45) is 0 Å². The number of nitrogens with two attached hydrogens (primary N) is 1. The van der Waals surface area contributed by atoms with E-state index in [0.29, 0.717) is 47.0 Å². The second-order valence-corrected chi connectivity index (χ2v) is 14.3. The van der Waals surface area contributed by atoms with E-state index < -0.39 is 5.41 Å². The number of likely N-dealkylation sites (N-methyl/N-ethyl adjacent to an activating group) is 1. The minimum Gasteiger partial charge on any atom is -0.473 e. The number of rotatable bonds is 7. The van der Waals surface area contributed by atoms with Gasteiger partial charge in [0, 0.05) is 28.7 Å². The Morgan fingerprint density at radius 3 is 2.83 bits per heavy atom. The molecular formula is C33H37N9O4S. The number of fused-ring (bicyclic) bond motifs is 4. The summed E-state index contributed by atoms with van der Waals surface area (Å²) in [5.74, 6) is 1.72. The van der Waals surface area contributed by atoms with Crippen molar-refractivity contribution in [3.8, 4) is 29.3 Å². The average molecular weight is 656 g/mol. The van der Waals surface area contributed by atoms with Gasteiger partial charge in [-0.2, -0.15) is 15.3 Å². The molecule has 6 heterocycles. The maximum absolute atomic E-state index is 12.8. The third-order valence-corrected chi connectivity index (χ3v) is 11.3. The van der Waals surface area contributed by atoms with Crippen molar-refractivity contribution in [2.45, 2.75) is 81.9 Å². The van der Waals surface area contributed by atoms with E-state index in [1.54, 1.807) is 23.0 Å². The summed E-state index contributed by atoms with van der Waals surface area (Å²) >= 11 is 1.52. The molecule has 4 aromatic heterocycles. The SMILES string of the molecule is C[C@H](Oc1cc(-n2ccc(C(=O)NC3COC3)n2)nc(-c2noc3c2CCC[C@@]32CCCc3sc(N)c(C#N)c32)n1)[C@@H]1CCCN1C. The van der Waals surface area contributed by atoms with Crippen molar-refractivity contribution < 1.29 is 18.8 Å². The Morgan fingerprint density at radius 1 is 1.26 bits per heavy atom. The number of amides is 1. The largest absolute Gasteiger partial charge is 0.473 e. The number of carbonyl (C=O) groups excluding carboxylic acids is 1. The molecule has 14 heteroatoms. The molecule has 2 saturated heterocycles. The first-order valence-corrected chi connectivity index (χ1v) is 17.2. The number of aromatic nitrogens is 5. The van der Waals surface area contributed by atoms with Crippen molar-refractivity contribution in [1.29, 1.82) is 5.26 Å². The van der Waals surface area contributed by atoms with Crippen molar-refractivity contribution in [1.82, 2.24) is 35.1 Å². The number of nitrogen functional groups attached to an aromatic ring is 1. The summed E-state index contributed by atoms with van der Waals surface area (Å²) in [6.45, 7) is 4.09. The van der Waals surface area contributed by atoms with Crippen LogP contribution in [-0.4, -0.2) is 80.7 Å². The van der Waals surface area contributed by atoms with Gasteiger partial charge in [0.05, 0.1) is 30.2 Å². The van der Waals surface area contributed by atoms with Crippen LogP contribution in [-0.2, 0) is 23.0 Å². The summed E-state index contributed by atoms with van der Waals surface area (Å²) in [5.41, 5.74) is 9.26. The summed E-state index contributed by atoms with van der Waals surface area (Å²) < 4.78 is 19.5. The highest BCUT2D eigenvalue weighted by Crippen LogP contribution is 2.55. The first-order chi connectivity index (χ1) is 22.8. The van der Waals surface area contributed by atoms with Gasteiger partial charge in [0.15, 0.2) is 28.8 Å². The van der Waals surface area contributed by atoms with Gasteiger partial charge < -0.3 is 25.0 Å². The lowest BCUT2D eigenvalue weighted by Gasteiger charge is -2.39. The highest BCUT2D eigenvalue weighted by molar-refractivity contribution is 7.16. The van der Waals surface area contributed by atoms with E-state index in [1.165, 1.54) is 16.2 Å². The fourth-order valence-electron chi connectivity index (χ4n) is 7.86. The minimum absolute atomic E-state index is 0.00912. The Kier molecular flexibility index (Phi) is 7.50. The number of anilines is 1. The lowest BCUT2D eigenvalue weighted by molar-refractivity contribution is -0.00355. The van der Waals surface area contributed by atoms with E-state index in [1.807, 2.05) is 0 Å². The van der Waals surface area contributed by atoms with Gasteiger partial charge in [-0.05, 0) is 83.5 Å². The quantitative estimate of drug-likeness (QED) is 0.297. The van der Waals surface area contributed by atoms with Gasteiger partial charge in [0.2, 0.25) is 5.88 Å². The van der Waals surface area contributed by atoms with Crippen LogP contribution in [0, 0.1) is 11.3 Å². The van der Waals surface area contributed by atoms with Crippen molar-refractivity contribution in [3.63, 3.8) is 0 Å². The highest BCUT2D eigenvalue weighted by atomic mass is 32.1. The lowest BCUT2D eigenvalue weighted by Crippen LogP contribution is -2.48. The maximum Gasteiger partial charge on any atom is 0.272 e. The number of likely N-dealkylation sites (tertiary alicyclic amines) is 1. The van der Waals surface area contributed by atoms with E-state index in [-0.39, 0.29) is 29.8 Å². The topological polar surface area (TPSA) is 170 Å². The van der Waals surface area contributed by atoms with Crippen LogP contribution in [0.2, 0.25) is 0 Å². The van der Waals surface area contributed by atoms with Crippen molar-refractivity contribution in [3.05, 3.63) is 51.4 Å². The Bertz CT molecular complexity index is 1880. The molecule has 0 aromatic carbocycles. The molecule has 2 aliphatic carbocycles. The zero-order valence-electron chi connectivity index (χ0n) is 26.5. The van der Waals surface area contributed by atoms with E-state index in [0.717, 1.165) is 74.8 Å². The average Bonchev–Trinajstić information content (AvgIpc) is 3.85. The number of carbonyl (C=O) groups is 1. The first kappa shape index (κ1) is 30.0. The van der Waals surface area contributed by atoms with E-state index in [9.17, 15) is 10.1 Å². The van der Waals surface area contributed by atoms with Gasteiger partial charge in [0.25, 0.3) is 5.91 Å². The molecule has 0 saturated carbocycles. The molecule has 2 fully saturated rings. The monoisotopic (exact) mass is 655 g/mol. The molecule has 4 aliphatic rings. The van der Waals surface area contributed by atoms with Crippen LogP contribution < -0.4 is 15.8 Å². The molecule has 244 valence electrons. The lowest BCUT2D eigenvalue weighted by atomic mass is 9.63. The fraction of sp³-hybridized carbons (Fsp3) is 0.515. The van der Waals surface area contributed by atoms with Crippen LogP contribution in [0.1, 0.15) is 83.3 Å². The van der Waals surface area contributed by atoms with Gasteiger partial charge in [-0.15, -0.1) is 11.3 Å². The van der Waals surface area contributed by atoms with E-state index in [2.05, 4.69) is 40.5 Å². The minimum atomic E-state index is -0.458. The molecule has 0 unspecified atom stereocenters. The number of nitrogens with one attached hydrogen (secondary N) is 1. The Hall–Kier alpha value is -4.32. The molecule has 1 spiro atoms. The number of nitrogens with zero attached hydrogens (tertiary/aromatic N) is 7. The summed E-state index contributed by atoms with van der Waals surface area (Å²) in [4.78, 5) is 26.1. The molecule has 2 aliphatic heterocycles. The molecule has 4 aromatic rings. The number of hydrogen-bond donors (Lipinski definition) is 2. The number of ether oxygens (including phenoxy) is 2. The third kappa shape index (κ3) is 5.08. The molecule has 1 amide bonds. The summed E-state index contributed by atoms with van der Waals surface area (Å²) in [5, 5.41) is 22.7. The zero-order chi connectivity index (χ0) is 32.3. The summed E-state index contributed by atoms with van der Waals surface area (Å²) in [6.07, 6.45) is 9.01. The van der Waals surface area contributed by atoms with Crippen LogP contribution >= 0.6 is 11.3 Å². The number of thiophene rings is 1. The molecule has 47 heavy (non-hydrogen) atoms. The van der Waals surface area contributed by atoms with Crippen LogP contribution in [0.15, 0.2) is 22.9 Å². The first-order valence-electron chi connectivity index (χ1n) is 16.4. The molecule has 3 N–H and O–H groups in total. The van der Waals surface area contributed by atoms with Gasteiger partial charge in [-0.25, -0.2) is 9.67 Å². The molecule has 0 bridgehead atoms. The van der Waals surface area contributed by atoms with Gasteiger partial charge >= 0.3 is 0 Å². The second-order valence-electron chi connectivity index (χ2n) is 13.1. The van der Waals surface area contributed by atoms with Crippen LogP contribution in [0.3, 0.4) is 0 Å². The van der Waals surface area contributed by atoms with Gasteiger partial charge in [-0.1, -0.05) is 5.16 Å². The molecule has 13 nitrogen and oxygen atoms in total. The van der Waals surface area contributed by atoms with Crippen molar-refractivity contribution in [2.75, 3.05) is 32.5 Å². The molecule has 3 atom stereocenters. The summed E-state index contributed by atoms with van der Waals surface area (Å²) in [6, 6.07) is 6.05. The Labute approximate surface area is 276 Å². The standard InChI is InChI=1S/C33H37N9O4S/c1-18(23-7-5-12-41(23)2)45-26-14-25(42-13-9-22(39-42)32(43)36-19-16-44-17-19)37-31(38-26)28-20-6-3-10-33(29(20)46-40-28)11-4-8-24-27(33)21(15-34)30(35)47-24/h9,13-14,18-19,23H,3-8,10-12,16-17,35H2,1-2H3,(H,36,43)/t18-,23-,33-/m0/s1. The Balaban J connectivity index is 1.19. The summed E-state index contributed by atoms with van der Waals surface area (Å²) in [7, 11) is 2.12. The second kappa shape index (κ2) is 11.7. The fourth-order valence-corrected chi connectivity index (χ4v) is 9.02. The molecule has 0 radical (unpaired) electrons. The van der Waals surface area contributed by atoms with Gasteiger partial charge in [-0.3, -0.25) is 9.69 Å². The molecular weight excluding hydrogens is 618 g/mol. The van der Waals surface area contributed by atoms with E-state index >= 15 is 0 Å². The maximum atomic E-state index is 12.8. The zero-order valence-corrected chi connectivity index (χ0v) is 27.3. The number of nitriles is 1. The van der Waals surface area contributed by atoms with Gasteiger partial charge in [0.1, 0.15) is 17.2 Å². The molecule has 8 rings (SSSR count). The predicted octanol–water partition coefficient (Wildman–Crippen LogP) is 3.78. The van der Waals surface area contributed by atoms with Crippen LogP contribution in [0.5, 0.6) is 5.88 Å². The third-order valence-electron chi connectivity index (χ3n) is 10.2. The van der Waals surface area contributed by atoms with Crippen LogP contribution in [0.25, 0.3) is 17.3 Å².